The highest BCUT2D eigenvalue weighted by Gasteiger charge is 2.30. The highest BCUT2D eigenvalue weighted by molar-refractivity contribution is 7.90. The Kier molecular flexibility index (Phi) is 5.60. The summed E-state index contributed by atoms with van der Waals surface area (Å²) in [6, 6.07) is 23.3. The van der Waals surface area contributed by atoms with Crippen LogP contribution in [0, 0.1) is 0 Å². The van der Waals surface area contributed by atoms with E-state index in [0.717, 1.165) is 25.1 Å². The first-order valence-corrected chi connectivity index (χ1v) is 12.3. The predicted molar refractivity (Wildman–Crippen MR) is 128 cm³/mol. The number of anilines is 1. The van der Waals surface area contributed by atoms with Crippen molar-refractivity contribution in [3.8, 4) is 0 Å². The molecule has 2 N–H and O–H groups in total. The van der Waals surface area contributed by atoms with E-state index in [1.165, 1.54) is 22.9 Å². The van der Waals surface area contributed by atoms with Crippen LogP contribution < -0.4 is 14.9 Å². The predicted octanol–water partition coefficient (Wildman–Crippen LogP) is 2.60. The Hall–Kier alpha value is -3.65. The molecule has 0 saturated heterocycles. The number of amidine groups is 1. The fraction of sp³-hybridized carbons (Fsp3) is 0.200. The molecule has 7 nitrogen and oxygen atoms in total. The second kappa shape index (κ2) is 8.71. The maximum absolute atomic E-state index is 12.3. The Morgan fingerprint density at radius 1 is 0.970 bits per heavy atom. The topological polar surface area (TPSA) is 90.9 Å². The zero-order valence-corrected chi connectivity index (χ0v) is 18.8. The molecule has 3 aromatic rings. The Bertz CT molecular complexity index is 1330. The molecule has 8 heteroatoms. The van der Waals surface area contributed by atoms with Crippen LogP contribution in [0.25, 0.3) is 0 Å². The molecule has 0 aliphatic carbocycles. The maximum atomic E-state index is 12.3. The monoisotopic (exact) mass is 460 g/mol. The Balaban J connectivity index is 1.15. The van der Waals surface area contributed by atoms with Crippen LogP contribution in [0.1, 0.15) is 22.3 Å². The second-order valence-corrected chi connectivity index (χ2v) is 9.81. The SMILES string of the molecule is O=C(CN=C1NS(=O)(=O)c2ccccc21)NCc1ccc(CN2CCc3ccccc32)cc1. The van der Waals surface area contributed by atoms with Gasteiger partial charge >= 0.3 is 0 Å². The van der Waals surface area contributed by atoms with Gasteiger partial charge in [0.05, 0.1) is 4.90 Å². The summed E-state index contributed by atoms with van der Waals surface area (Å²) in [5.41, 5.74) is 5.41. The normalized spacial score (nSPS) is 16.8. The van der Waals surface area contributed by atoms with Crippen LogP contribution in [0.3, 0.4) is 0 Å². The lowest BCUT2D eigenvalue weighted by atomic mass is 10.1. The highest BCUT2D eigenvalue weighted by Crippen LogP contribution is 2.28. The molecule has 0 bridgehead atoms. The zero-order valence-electron chi connectivity index (χ0n) is 18.0. The number of fused-ring (bicyclic) bond motifs is 2. The number of rotatable bonds is 6. The average molecular weight is 461 g/mol. The third-order valence-corrected chi connectivity index (χ3v) is 7.31. The van der Waals surface area contributed by atoms with Crippen LogP contribution in [-0.2, 0) is 34.3 Å². The molecule has 0 saturated carbocycles. The molecule has 2 aliphatic rings. The van der Waals surface area contributed by atoms with Gasteiger partial charge in [0.25, 0.3) is 10.0 Å². The third kappa shape index (κ3) is 4.47. The summed E-state index contributed by atoms with van der Waals surface area (Å²) in [6.07, 6.45) is 1.08. The highest BCUT2D eigenvalue weighted by atomic mass is 32.2. The van der Waals surface area contributed by atoms with Crippen molar-refractivity contribution >= 4 is 27.5 Å². The summed E-state index contributed by atoms with van der Waals surface area (Å²) in [5.74, 6) is -0.0718. The summed E-state index contributed by atoms with van der Waals surface area (Å²) in [5, 5.41) is 2.84. The Morgan fingerprint density at radius 3 is 2.55 bits per heavy atom. The molecular formula is C25H24N4O3S. The van der Waals surface area contributed by atoms with Crippen LogP contribution in [0.4, 0.5) is 5.69 Å². The van der Waals surface area contributed by atoms with Crippen LogP contribution in [-0.4, -0.2) is 33.3 Å². The van der Waals surface area contributed by atoms with Gasteiger partial charge in [0, 0.05) is 30.9 Å². The molecule has 0 aromatic heterocycles. The number of nitrogens with one attached hydrogen (secondary N) is 2. The first-order chi connectivity index (χ1) is 16.0. The summed E-state index contributed by atoms with van der Waals surface area (Å²) < 4.78 is 26.6. The minimum atomic E-state index is -3.60. The van der Waals surface area contributed by atoms with Gasteiger partial charge in [0.1, 0.15) is 12.4 Å². The smallest absolute Gasteiger partial charge is 0.263 e. The van der Waals surface area contributed by atoms with E-state index in [1.54, 1.807) is 18.2 Å². The van der Waals surface area contributed by atoms with E-state index in [4.69, 9.17) is 0 Å². The van der Waals surface area contributed by atoms with Crippen LogP contribution in [0.5, 0.6) is 0 Å². The number of aliphatic imine (C=N–C) groups is 1. The van der Waals surface area contributed by atoms with Gasteiger partial charge in [-0.15, -0.1) is 0 Å². The molecule has 5 rings (SSSR count). The van der Waals surface area contributed by atoms with E-state index in [2.05, 4.69) is 56.3 Å². The van der Waals surface area contributed by atoms with Crippen molar-refractivity contribution in [2.45, 2.75) is 24.4 Å². The van der Waals surface area contributed by atoms with Gasteiger partial charge in [0.15, 0.2) is 0 Å². The lowest BCUT2D eigenvalue weighted by molar-refractivity contribution is -0.119. The number of nitrogens with zero attached hydrogens (tertiary/aromatic N) is 2. The van der Waals surface area contributed by atoms with E-state index in [-0.39, 0.29) is 23.2 Å². The van der Waals surface area contributed by atoms with Crippen LogP contribution >= 0.6 is 0 Å². The molecule has 2 heterocycles. The van der Waals surface area contributed by atoms with Crippen molar-refractivity contribution in [1.82, 2.24) is 10.0 Å². The molecule has 3 aromatic carbocycles. The molecule has 0 unspecified atom stereocenters. The molecule has 0 radical (unpaired) electrons. The van der Waals surface area contributed by atoms with E-state index >= 15 is 0 Å². The Labute approximate surface area is 193 Å². The molecule has 2 aliphatic heterocycles. The third-order valence-electron chi connectivity index (χ3n) is 5.91. The molecule has 33 heavy (non-hydrogen) atoms. The molecule has 0 spiro atoms. The summed E-state index contributed by atoms with van der Waals surface area (Å²) in [4.78, 5) is 19.0. The van der Waals surface area contributed by atoms with Crippen LogP contribution in [0.15, 0.2) is 82.7 Å². The lowest BCUT2D eigenvalue weighted by Crippen LogP contribution is -2.28. The zero-order chi connectivity index (χ0) is 22.8. The molecule has 0 atom stereocenters. The number of hydrogen-bond donors (Lipinski definition) is 2. The minimum Gasteiger partial charge on any atom is -0.367 e. The van der Waals surface area contributed by atoms with E-state index in [1.807, 2.05) is 12.1 Å². The molecule has 168 valence electrons. The fourth-order valence-electron chi connectivity index (χ4n) is 4.21. The summed E-state index contributed by atoms with van der Waals surface area (Å²) in [7, 11) is -3.60. The molecule has 0 fully saturated rings. The van der Waals surface area contributed by atoms with Crippen molar-refractivity contribution < 1.29 is 13.2 Å². The second-order valence-electron chi connectivity index (χ2n) is 8.16. The number of carbonyl (C=O) groups excluding carboxylic acids is 1. The number of para-hydroxylation sites is 1. The maximum Gasteiger partial charge on any atom is 0.263 e. The average Bonchev–Trinajstić information content (AvgIpc) is 3.35. The van der Waals surface area contributed by atoms with Gasteiger partial charge in [-0.25, -0.2) is 8.42 Å². The largest absolute Gasteiger partial charge is 0.367 e. The number of hydrogen-bond acceptors (Lipinski definition) is 5. The standard InChI is InChI=1S/C25H24N4O3S/c30-24(16-27-25-21-6-2-4-8-23(21)33(31,32)28-25)26-15-18-9-11-19(12-10-18)17-29-14-13-20-5-1-3-7-22(20)29/h1-12H,13-17H2,(H,26,30)(H,27,28). The van der Waals surface area contributed by atoms with Crippen LogP contribution in [0.2, 0.25) is 0 Å². The van der Waals surface area contributed by atoms with E-state index in [9.17, 15) is 13.2 Å². The quantitative estimate of drug-likeness (QED) is 0.592. The minimum absolute atomic E-state index is 0.154. The summed E-state index contributed by atoms with van der Waals surface area (Å²) >= 11 is 0. The van der Waals surface area contributed by atoms with Crippen molar-refractivity contribution in [3.63, 3.8) is 0 Å². The van der Waals surface area contributed by atoms with Gasteiger partial charge < -0.3 is 10.2 Å². The van der Waals surface area contributed by atoms with E-state index in [0.29, 0.717) is 12.1 Å². The summed E-state index contributed by atoms with van der Waals surface area (Å²) in [6.45, 7) is 2.12. The van der Waals surface area contributed by atoms with Crippen molar-refractivity contribution in [2.24, 2.45) is 4.99 Å². The fourth-order valence-corrected chi connectivity index (χ4v) is 5.46. The van der Waals surface area contributed by atoms with Gasteiger partial charge in [-0.3, -0.25) is 14.5 Å². The first kappa shape index (κ1) is 21.2. The number of sulfonamides is 1. The van der Waals surface area contributed by atoms with Crippen molar-refractivity contribution in [1.29, 1.82) is 0 Å². The van der Waals surface area contributed by atoms with Crippen molar-refractivity contribution in [3.05, 3.63) is 95.1 Å². The molecular weight excluding hydrogens is 436 g/mol. The van der Waals surface area contributed by atoms with Gasteiger partial charge in [-0.2, -0.15) is 0 Å². The number of amides is 1. The van der Waals surface area contributed by atoms with Gasteiger partial charge in [-0.1, -0.05) is 54.6 Å². The van der Waals surface area contributed by atoms with Crippen molar-refractivity contribution in [2.75, 3.05) is 18.0 Å². The van der Waals surface area contributed by atoms with Gasteiger partial charge in [0.2, 0.25) is 5.91 Å². The lowest BCUT2D eigenvalue weighted by Gasteiger charge is -2.19. The van der Waals surface area contributed by atoms with E-state index < -0.39 is 10.0 Å². The first-order valence-electron chi connectivity index (χ1n) is 10.8. The van der Waals surface area contributed by atoms with Gasteiger partial charge in [-0.05, 0) is 41.3 Å². The molecule has 1 amide bonds. The Morgan fingerprint density at radius 2 is 1.70 bits per heavy atom. The number of carbonyl (C=O) groups is 1. The number of benzene rings is 3.